The van der Waals surface area contributed by atoms with E-state index in [1.54, 1.807) is 39.5 Å². The SMILES string of the molecule is COc1cc(OC)c(C2C=C(c3ccc(Cl)cc3)NN2c2ccc(F)cc2)cc1OC. The van der Waals surface area contributed by atoms with Gasteiger partial charge in [-0.25, -0.2) is 4.39 Å². The summed E-state index contributed by atoms with van der Waals surface area (Å²) in [6.45, 7) is 0. The van der Waals surface area contributed by atoms with Crippen LogP contribution in [0.4, 0.5) is 10.1 Å². The van der Waals surface area contributed by atoms with Gasteiger partial charge in [0.05, 0.1) is 38.8 Å². The second-order valence-electron chi connectivity index (χ2n) is 6.94. The van der Waals surface area contributed by atoms with Gasteiger partial charge < -0.3 is 14.2 Å². The summed E-state index contributed by atoms with van der Waals surface area (Å²) in [6.07, 6.45) is 2.08. The van der Waals surface area contributed by atoms with Gasteiger partial charge in [-0.15, -0.1) is 0 Å². The highest BCUT2D eigenvalue weighted by Crippen LogP contribution is 2.43. The van der Waals surface area contributed by atoms with Crippen LogP contribution < -0.4 is 24.6 Å². The molecule has 1 heterocycles. The zero-order valence-corrected chi connectivity index (χ0v) is 18.1. The van der Waals surface area contributed by atoms with Crippen LogP contribution in [0.5, 0.6) is 17.2 Å². The lowest BCUT2D eigenvalue weighted by atomic mass is 10.0. The number of hydrogen-bond donors (Lipinski definition) is 1. The van der Waals surface area contributed by atoms with E-state index in [0.717, 1.165) is 22.5 Å². The van der Waals surface area contributed by atoms with Crippen molar-refractivity contribution in [3.63, 3.8) is 0 Å². The van der Waals surface area contributed by atoms with Gasteiger partial charge in [-0.3, -0.25) is 10.4 Å². The number of methoxy groups -OCH3 is 3. The Morgan fingerprint density at radius 2 is 1.45 bits per heavy atom. The number of nitrogens with one attached hydrogen (secondary N) is 1. The molecule has 1 aliphatic rings. The van der Waals surface area contributed by atoms with Crippen molar-refractivity contribution >= 4 is 23.0 Å². The van der Waals surface area contributed by atoms with E-state index in [-0.39, 0.29) is 11.9 Å². The zero-order valence-electron chi connectivity index (χ0n) is 17.4. The fraction of sp³-hybridized carbons (Fsp3) is 0.167. The lowest BCUT2D eigenvalue weighted by Gasteiger charge is -2.29. The van der Waals surface area contributed by atoms with E-state index >= 15 is 0 Å². The zero-order chi connectivity index (χ0) is 22.0. The van der Waals surface area contributed by atoms with Crippen LogP contribution in [-0.2, 0) is 0 Å². The molecule has 0 radical (unpaired) electrons. The molecule has 0 aromatic heterocycles. The summed E-state index contributed by atoms with van der Waals surface area (Å²) in [5.74, 6) is 1.51. The van der Waals surface area contributed by atoms with Gasteiger partial charge in [-0.2, -0.15) is 0 Å². The molecule has 31 heavy (non-hydrogen) atoms. The van der Waals surface area contributed by atoms with E-state index in [1.165, 1.54) is 12.1 Å². The molecule has 1 aliphatic heterocycles. The number of benzene rings is 3. The van der Waals surface area contributed by atoms with Gasteiger partial charge in [0, 0.05) is 16.7 Å². The third-order valence-corrected chi connectivity index (χ3v) is 5.41. The highest BCUT2D eigenvalue weighted by molar-refractivity contribution is 6.30. The number of hydrogen-bond acceptors (Lipinski definition) is 5. The van der Waals surface area contributed by atoms with E-state index in [2.05, 4.69) is 11.5 Å². The van der Waals surface area contributed by atoms with Gasteiger partial charge in [0.1, 0.15) is 11.6 Å². The summed E-state index contributed by atoms with van der Waals surface area (Å²) in [5, 5.41) is 2.61. The molecule has 1 N–H and O–H groups in total. The minimum atomic E-state index is -0.297. The third-order valence-electron chi connectivity index (χ3n) is 5.16. The van der Waals surface area contributed by atoms with Gasteiger partial charge >= 0.3 is 0 Å². The summed E-state index contributed by atoms with van der Waals surface area (Å²) in [5.41, 5.74) is 6.95. The van der Waals surface area contributed by atoms with Crippen LogP contribution in [0.3, 0.4) is 0 Å². The van der Waals surface area contributed by atoms with Crippen molar-refractivity contribution in [3.8, 4) is 17.2 Å². The summed E-state index contributed by atoms with van der Waals surface area (Å²) in [7, 11) is 4.78. The molecule has 0 fully saturated rings. The molecule has 160 valence electrons. The monoisotopic (exact) mass is 440 g/mol. The lowest BCUT2D eigenvalue weighted by Crippen LogP contribution is -2.34. The molecule has 5 nitrogen and oxygen atoms in total. The molecule has 0 saturated heterocycles. The topological polar surface area (TPSA) is 43.0 Å². The Hall–Kier alpha value is -3.38. The van der Waals surface area contributed by atoms with Crippen LogP contribution in [0.1, 0.15) is 17.2 Å². The molecule has 0 spiro atoms. The molecular formula is C24H22ClFN2O3. The Bertz CT molecular complexity index is 1100. The highest BCUT2D eigenvalue weighted by Gasteiger charge is 2.30. The summed E-state index contributed by atoms with van der Waals surface area (Å²) in [6, 6.07) is 17.3. The normalized spacial score (nSPS) is 15.3. The maximum Gasteiger partial charge on any atom is 0.164 e. The number of ether oxygens (including phenoxy) is 3. The first-order valence-corrected chi connectivity index (χ1v) is 10.0. The smallest absolute Gasteiger partial charge is 0.164 e. The van der Waals surface area contributed by atoms with Crippen molar-refractivity contribution in [1.29, 1.82) is 0 Å². The maximum atomic E-state index is 13.6. The van der Waals surface area contributed by atoms with Crippen molar-refractivity contribution < 1.29 is 18.6 Å². The number of hydrazine groups is 1. The van der Waals surface area contributed by atoms with Gasteiger partial charge in [0.15, 0.2) is 11.5 Å². The van der Waals surface area contributed by atoms with E-state index in [4.69, 9.17) is 25.8 Å². The van der Waals surface area contributed by atoms with E-state index in [1.807, 2.05) is 35.3 Å². The fourth-order valence-corrected chi connectivity index (χ4v) is 3.72. The molecule has 1 atom stereocenters. The molecule has 7 heteroatoms. The molecule has 1 unspecified atom stereocenters. The molecule has 3 aromatic rings. The minimum Gasteiger partial charge on any atom is -0.496 e. The Balaban J connectivity index is 1.84. The standard InChI is InChI=1S/C24H22ClFN2O3/c1-29-22-14-24(31-3)23(30-2)12-19(22)21-13-20(15-4-6-16(25)7-5-15)27-28(21)18-10-8-17(26)9-11-18/h4-14,21,27H,1-3H3. The summed E-state index contributed by atoms with van der Waals surface area (Å²) >= 11 is 6.06. The van der Waals surface area contributed by atoms with Crippen molar-refractivity contribution in [3.05, 3.63) is 88.7 Å². The van der Waals surface area contributed by atoms with Crippen molar-refractivity contribution in [2.75, 3.05) is 26.3 Å². The molecule has 0 bridgehead atoms. The van der Waals surface area contributed by atoms with Crippen molar-refractivity contribution in [2.24, 2.45) is 0 Å². The second-order valence-corrected chi connectivity index (χ2v) is 7.38. The lowest BCUT2D eigenvalue weighted by molar-refractivity contribution is 0.347. The molecule has 4 rings (SSSR count). The molecule has 0 aliphatic carbocycles. The average molecular weight is 441 g/mol. The first-order valence-electron chi connectivity index (χ1n) is 9.63. The second kappa shape index (κ2) is 8.78. The van der Waals surface area contributed by atoms with E-state index in [0.29, 0.717) is 22.3 Å². The van der Waals surface area contributed by atoms with Gasteiger partial charge in [0.25, 0.3) is 0 Å². The van der Waals surface area contributed by atoms with Crippen molar-refractivity contribution in [1.82, 2.24) is 5.43 Å². The van der Waals surface area contributed by atoms with Crippen LogP contribution >= 0.6 is 11.6 Å². The molecule has 0 saturated carbocycles. The Kier molecular flexibility index (Phi) is 5.91. The third kappa shape index (κ3) is 4.11. The quantitative estimate of drug-likeness (QED) is 0.539. The van der Waals surface area contributed by atoms with Crippen molar-refractivity contribution in [2.45, 2.75) is 6.04 Å². The van der Waals surface area contributed by atoms with E-state index < -0.39 is 0 Å². The summed E-state index contributed by atoms with van der Waals surface area (Å²) in [4.78, 5) is 0. The van der Waals surface area contributed by atoms with E-state index in [9.17, 15) is 4.39 Å². The number of nitrogens with zero attached hydrogens (tertiary/aromatic N) is 1. The van der Waals surface area contributed by atoms with Crippen LogP contribution in [0.25, 0.3) is 5.70 Å². The highest BCUT2D eigenvalue weighted by atomic mass is 35.5. The predicted molar refractivity (Wildman–Crippen MR) is 120 cm³/mol. The number of anilines is 1. The first kappa shape index (κ1) is 20.9. The summed E-state index contributed by atoms with van der Waals surface area (Å²) < 4.78 is 30.2. The maximum absolute atomic E-state index is 13.6. The first-order chi connectivity index (χ1) is 15.0. The largest absolute Gasteiger partial charge is 0.496 e. The van der Waals surface area contributed by atoms with Gasteiger partial charge in [0.2, 0.25) is 0 Å². The Morgan fingerprint density at radius 1 is 0.839 bits per heavy atom. The number of halogens is 2. The molecular weight excluding hydrogens is 419 g/mol. The fourth-order valence-electron chi connectivity index (χ4n) is 3.60. The van der Waals surface area contributed by atoms with Crippen LogP contribution in [0.15, 0.2) is 66.7 Å². The van der Waals surface area contributed by atoms with Gasteiger partial charge in [-0.05, 0) is 54.1 Å². The van der Waals surface area contributed by atoms with Gasteiger partial charge in [-0.1, -0.05) is 23.7 Å². The predicted octanol–water partition coefficient (Wildman–Crippen LogP) is 5.61. The van der Waals surface area contributed by atoms with Crippen LogP contribution in [0.2, 0.25) is 5.02 Å². The Morgan fingerprint density at radius 3 is 2.06 bits per heavy atom. The number of rotatable bonds is 6. The minimum absolute atomic E-state index is 0.258. The molecule has 3 aromatic carbocycles. The van der Waals surface area contributed by atoms with Crippen LogP contribution in [0, 0.1) is 5.82 Å². The molecule has 0 amide bonds. The average Bonchev–Trinajstić information content (AvgIpc) is 3.24. The van der Waals surface area contributed by atoms with Crippen LogP contribution in [-0.4, -0.2) is 21.3 Å². The Labute approximate surface area is 185 Å².